The Labute approximate surface area is 149 Å². The van der Waals surface area contributed by atoms with E-state index in [1.54, 1.807) is 0 Å². The first-order chi connectivity index (χ1) is 11.2. The number of hydrogen-bond acceptors (Lipinski definition) is 0. The Hall–Kier alpha value is -1.69. The van der Waals surface area contributed by atoms with Crippen molar-refractivity contribution >= 4 is 0 Å². The number of allylic oxidation sites excluding steroid dienone is 8. The molecular formula is C24H33-. The van der Waals surface area contributed by atoms with Crippen LogP contribution in [0.4, 0.5) is 0 Å². The number of rotatable bonds is 5. The summed E-state index contributed by atoms with van der Waals surface area (Å²) in [6, 6.07) is 8.83. The van der Waals surface area contributed by atoms with Gasteiger partial charge >= 0.3 is 0 Å². The lowest BCUT2D eigenvalue weighted by Gasteiger charge is -2.31. The van der Waals surface area contributed by atoms with Gasteiger partial charge in [-0.1, -0.05) is 90.2 Å². The minimum Gasteiger partial charge on any atom is -0.210 e. The molecule has 0 fully saturated rings. The van der Waals surface area contributed by atoms with E-state index in [1.807, 2.05) is 0 Å². The summed E-state index contributed by atoms with van der Waals surface area (Å²) in [4.78, 5) is 0. The van der Waals surface area contributed by atoms with Crippen molar-refractivity contribution in [1.29, 1.82) is 0 Å². The van der Waals surface area contributed by atoms with Gasteiger partial charge < -0.3 is 0 Å². The van der Waals surface area contributed by atoms with Crippen molar-refractivity contribution in [1.82, 2.24) is 0 Å². The molecule has 0 heterocycles. The molecule has 130 valence electrons. The van der Waals surface area contributed by atoms with Gasteiger partial charge in [0, 0.05) is 5.92 Å². The molecule has 0 aromatic heterocycles. The van der Waals surface area contributed by atoms with Crippen LogP contribution in [-0.4, -0.2) is 0 Å². The molecule has 0 nitrogen and oxygen atoms in total. The molecule has 2 unspecified atom stereocenters. The Morgan fingerprint density at radius 1 is 0.917 bits per heavy atom. The molecule has 0 saturated heterocycles. The van der Waals surface area contributed by atoms with E-state index in [0.717, 1.165) is 0 Å². The predicted molar refractivity (Wildman–Crippen MR) is 107 cm³/mol. The third-order valence-electron chi connectivity index (χ3n) is 4.33. The molecule has 0 amide bonds. The third-order valence-corrected chi connectivity index (χ3v) is 4.33. The highest BCUT2D eigenvalue weighted by atomic mass is 14.3. The maximum absolute atomic E-state index is 2.44. The molecule has 0 heteroatoms. The highest BCUT2D eigenvalue weighted by Crippen LogP contribution is 2.38. The fourth-order valence-corrected chi connectivity index (χ4v) is 3.06. The zero-order valence-electron chi connectivity index (χ0n) is 16.2. The Kier molecular flexibility index (Phi) is 5.80. The highest BCUT2D eigenvalue weighted by Gasteiger charge is 2.23. The van der Waals surface area contributed by atoms with E-state index in [1.165, 1.54) is 5.56 Å². The van der Waals surface area contributed by atoms with Crippen LogP contribution in [-0.2, 0) is 0 Å². The molecule has 0 saturated carbocycles. The average molecular weight is 322 g/mol. The van der Waals surface area contributed by atoms with Gasteiger partial charge in [-0.3, -0.25) is 0 Å². The van der Waals surface area contributed by atoms with Gasteiger partial charge in [-0.2, -0.15) is 23.8 Å². The van der Waals surface area contributed by atoms with Crippen molar-refractivity contribution in [3.05, 3.63) is 78.4 Å². The zero-order chi connectivity index (χ0) is 17.8. The summed E-state index contributed by atoms with van der Waals surface area (Å²) >= 11 is 0. The topological polar surface area (TPSA) is 0 Å². The van der Waals surface area contributed by atoms with E-state index >= 15 is 0 Å². The van der Waals surface area contributed by atoms with Crippen molar-refractivity contribution < 1.29 is 0 Å². The number of hydrogen-bond donors (Lipinski definition) is 0. The van der Waals surface area contributed by atoms with Gasteiger partial charge in [-0.15, -0.1) is 0 Å². The normalized spacial score (nSPS) is 18.9. The highest BCUT2D eigenvalue weighted by molar-refractivity contribution is 5.32. The van der Waals surface area contributed by atoms with Crippen molar-refractivity contribution in [2.75, 3.05) is 0 Å². The summed E-state index contributed by atoms with van der Waals surface area (Å²) in [6.07, 6.45) is 18.6. The summed E-state index contributed by atoms with van der Waals surface area (Å²) in [5.74, 6) is 1.31. The van der Waals surface area contributed by atoms with Crippen molar-refractivity contribution in [2.24, 2.45) is 22.7 Å². The molecule has 1 aliphatic carbocycles. The summed E-state index contributed by atoms with van der Waals surface area (Å²) in [6.45, 7) is 13.6. The molecule has 24 heavy (non-hydrogen) atoms. The second-order valence-electron chi connectivity index (χ2n) is 9.12. The fraction of sp³-hybridized carbons (Fsp3) is 0.458. The molecule has 0 bridgehead atoms. The molecular weight excluding hydrogens is 288 g/mol. The van der Waals surface area contributed by atoms with E-state index in [-0.39, 0.29) is 10.8 Å². The van der Waals surface area contributed by atoms with Crippen LogP contribution in [0.25, 0.3) is 0 Å². The predicted octanol–water partition coefficient (Wildman–Crippen LogP) is 7.05. The van der Waals surface area contributed by atoms with E-state index < -0.39 is 0 Å². The summed E-state index contributed by atoms with van der Waals surface area (Å²) < 4.78 is 0. The lowest BCUT2D eigenvalue weighted by Crippen LogP contribution is -2.17. The molecule has 0 N–H and O–H groups in total. The van der Waals surface area contributed by atoms with Gasteiger partial charge in [0.15, 0.2) is 0 Å². The molecule has 1 aliphatic rings. The van der Waals surface area contributed by atoms with Gasteiger partial charge in [0.2, 0.25) is 0 Å². The maximum Gasteiger partial charge on any atom is 0.00142 e. The summed E-state index contributed by atoms with van der Waals surface area (Å²) in [5.41, 5.74) is 1.81. The van der Waals surface area contributed by atoms with Crippen molar-refractivity contribution in [3.63, 3.8) is 0 Å². The van der Waals surface area contributed by atoms with Gasteiger partial charge in [0.05, 0.1) is 0 Å². The lowest BCUT2D eigenvalue weighted by molar-refractivity contribution is 0.479. The van der Waals surface area contributed by atoms with E-state index in [0.29, 0.717) is 17.8 Å². The maximum atomic E-state index is 2.44. The van der Waals surface area contributed by atoms with Gasteiger partial charge in [-0.05, 0) is 22.7 Å². The van der Waals surface area contributed by atoms with Crippen molar-refractivity contribution in [2.45, 2.75) is 47.5 Å². The quantitative estimate of drug-likeness (QED) is 0.402. The average Bonchev–Trinajstić information content (AvgIpc) is 3.12. The second-order valence-corrected chi connectivity index (χ2v) is 9.12. The van der Waals surface area contributed by atoms with Gasteiger partial charge in [-0.25, -0.2) is 6.07 Å². The minimum atomic E-state index is 0.199. The Balaban J connectivity index is 2.40. The van der Waals surface area contributed by atoms with Crippen LogP contribution in [0, 0.1) is 22.7 Å². The van der Waals surface area contributed by atoms with Crippen LogP contribution < -0.4 is 0 Å². The van der Waals surface area contributed by atoms with E-state index in [9.17, 15) is 0 Å². The smallest absolute Gasteiger partial charge is 0.00142 e. The SMILES string of the molecule is CC(C)(C)C=CC(c1cc[cH-]c1)C(C=CC(C)(C)C)C1C=CC=C1. The standard InChI is InChI=1S/C24H33/c1-23(2,3)17-15-21(19-11-7-8-12-19)22(16-18-24(4,5)6)20-13-9-10-14-20/h7-19,21-22H,1-6H3/q-1. The third kappa shape index (κ3) is 5.74. The van der Waals surface area contributed by atoms with Gasteiger partial charge in [0.1, 0.15) is 0 Å². The molecule has 0 radical (unpaired) electrons. The molecule has 2 atom stereocenters. The zero-order valence-corrected chi connectivity index (χ0v) is 16.2. The fourth-order valence-electron chi connectivity index (χ4n) is 3.06. The summed E-state index contributed by atoms with van der Waals surface area (Å²) in [5, 5.41) is 0. The monoisotopic (exact) mass is 321 g/mol. The van der Waals surface area contributed by atoms with Crippen LogP contribution >= 0.6 is 0 Å². The molecule has 2 rings (SSSR count). The first kappa shape index (κ1) is 18.6. The lowest BCUT2D eigenvalue weighted by atomic mass is 9.76. The second kappa shape index (κ2) is 7.47. The van der Waals surface area contributed by atoms with E-state index in [4.69, 9.17) is 0 Å². The summed E-state index contributed by atoms with van der Waals surface area (Å²) in [7, 11) is 0. The van der Waals surface area contributed by atoms with Gasteiger partial charge in [0.25, 0.3) is 0 Å². The van der Waals surface area contributed by atoms with Crippen LogP contribution in [0.5, 0.6) is 0 Å². The molecule has 1 aromatic carbocycles. The first-order valence-corrected chi connectivity index (χ1v) is 9.11. The minimum absolute atomic E-state index is 0.199. The van der Waals surface area contributed by atoms with Crippen molar-refractivity contribution in [3.8, 4) is 0 Å². The van der Waals surface area contributed by atoms with E-state index in [2.05, 4.69) is 114 Å². The van der Waals surface area contributed by atoms with Crippen LogP contribution in [0.1, 0.15) is 53.0 Å². The van der Waals surface area contributed by atoms with Crippen LogP contribution in [0.3, 0.4) is 0 Å². The largest absolute Gasteiger partial charge is 0.210 e. The molecule has 1 aromatic rings. The van der Waals surface area contributed by atoms with Crippen LogP contribution in [0.2, 0.25) is 0 Å². The Morgan fingerprint density at radius 2 is 1.50 bits per heavy atom. The molecule has 0 aliphatic heterocycles. The molecule has 0 spiro atoms. The Morgan fingerprint density at radius 3 is 2.00 bits per heavy atom. The first-order valence-electron chi connectivity index (χ1n) is 9.11. The Bertz CT molecular complexity index is 594. The van der Waals surface area contributed by atoms with Crippen LogP contribution in [0.15, 0.2) is 72.9 Å².